The maximum absolute atomic E-state index is 12.9. The maximum Gasteiger partial charge on any atom is 0.239 e. The standard InChI is InChI=1S/C20H17ClN2O2S/c21-19-3-1-2-15(12-19)14-26(24,25)23-11-8-18-13-17(4-5-20(18)23)16-6-9-22-10-7-16/h1-7,9-10,12-13H,8,11,14H2. The van der Waals surface area contributed by atoms with E-state index in [1.807, 2.05) is 24.3 Å². The Morgan fingerprint density at radius 1 is 1.00 bits per heavy atom. The molecule has 26 heavy (non-hydrogen) atoms. The normalized spacial score (nSPS) is 13.7. The summed E-state index contributed by atoms with van der Waals surface area (Å²) in [6, 6.07) is 16.8. The minimum Gasteiger partial charge on any atom is -0.269 e. The summed E-state index contributed by atoms with van der Waals surface area (Å²) in [6.07, 6.45) is 4.22. The van der Waals surface area contributed by atoms with Gasteiger partial charge in [-0.15, -0.1) is 0 Å². The van der Waals surface area contributed by atoms with Gasteiger partial charge in [-0.3, -0.25) is 9.29 Å². The van der Waals surface area contributed by atoms with E-state index in [1.54, 1.807) is 36.7 Å². The Morgan fingerprint density at radius 3 is 2.58 bits per heavy atom. The van der Waals surface area contributed by atoms with Crippen molar-refractivity contribution in [1.29, 1.82) is 0 Å². The highest BCUT2D eigenvalue weighted by atomic mass is 35.5. The lowest BCUT2D eigenvalue weighted by Crippen LogP contribution is -2.30. The van der Waals surface area contributed by atoms with Crippen LogP contribution in [0.15, 0.2) is 67.0 Å². The molecule has 4 rings (SSSR count). The first-order valence-electron chi connectivity index (χ1n) is 8.31. The minimum atomic E-state index is -3.46. The molecule has 0 unspecified atom stereocenters. The SMILES string of the molecule is O=S(=O)(Cc1cccc(Cl)c1)N1CCc2cc(-c3ccncc3)ccc21. The third-order valence-corrected chi connectivity index (χ3v) is 6.50. The van der Waals surface area contributed by atoms with Gasteiger partial charge in [-0.05, 0) is 65.1 Å². The molecule has 2 aromatic carbocycles. The molecular formula is C20H17ClN2O2S. The second-order valence-corrected chi connectivity index (χ2v) is 8.62. The molecule has 6 heteroatoms. The Labute approximate surface area is 158 Å². The van der Waals surface area contributed by atoms with Crippen LogP contribution in [-0.2, 0) is 22.2 Å². The van der Waals surface area contributed by atoms with Gasteiger partial charge < -0.3 is 0 Å². The fraction of sp³-hybridized carbons (Fsp3) is 0.150. The summed E-state index contributed by atoms with van der Waals surface area (Å²) in [7, 11) is -3.46. The number of rotatable bonds is 4. The fourth-order valence-electron chi connectivity index (χ4n) is 3.30. The lowest BCUT2D eigenvalue weighted by Gasteiger charge is -2.20. The first kappa shape index (κ1) is 17.1. The molecule has 0 radical (unpaired) electrons. The van der Waals surface area contributed by atoms with Crippen LogP contribution in [0.5, 0.6) is 0 Å². The number of halogens is 1. The smallest absolute Gasteiger partial charge is 0.239 e. The summed E-state index contributed by atoms with van der Waals surface area (Å²) >= 11 is 5.98. The first-order valence-corrected chi connectivity index (χ1v) is 10.3. The molecule has 0 atom stereocenters. The van der Waals surface area contributed by atoms with Gasteiger partial charge in [0.25, 0.3) is 0 Å². The summed E-state index contributed by atoms with van der Waals surface area (Å²) in [4.78, 5) is 4.04. The zero-order valence-electron chi connectivity index (χ0n) is 14.0. The molecule has 4 nitrogen and oxygen atoms in total. The van der Waals surface area contributed by atoms with E-state index >= 15 is 0 Å². The van der Waals surface area contributed by atoms with E-state index in [2.05, 4.69) is 11.1 Å². The molecule has 0 spiro atoms. The monoisotopic (exact) mass is 384 g/mol. The molecule has 0 amide bonds. The third-order valence-electron chi connectivity index (χ3n) is 4.52. The molecule has 0 aliphatic carbocycles. The van der Waals surface area contributed by atoms with E-state index in [4.69, 9.17) is 11.6 Å². The summed E-state index contributed by atoms with van der Waals surface area (Å²) in [5.41, 5.74) is 4.65. The van der Waals surface area contributed by atoms with Crippen molar-refractivity contribution in [3.8, 4) is 11.1 Å². The average Bonchev–Trinajstić information content (AvgIpc) is 3.06. The number of benzene rings is 2. The molecule has 0 bridgehead atoms. The number of hydrogen-bond acceptors (Lipinski definition) is 3. The Kier molecular flexibility index (Phi) is 4.42. The molecular weight excluding hydrogens is 368 g/mol. The van der Waals surface area contributed by atoms with E-state index in [0.717, 1.165) is 22.4 Å². The van der Waals surface area contributed by atoms with Crippen LogP contribution in [0.1, 0.15) is 11.1 Å². The van der Waals surface area contributed by atoms with Gasteiger partial charge in [0.2, 0.25) is 10.0 Å². The molecule has 0 N–H and O–H groups in total. The van der Waals surface area contributed by atoms with Crippen LogP contribution in [0.2, 0.25) is 5.02 Å². The van der Waals surface area contributed by atoms with Crippen LogP contribution in [0.25, 0.3) is 11.1 Å². The second kappa shape index (κ2) is 6.74. The van der Waals surface area contributed by atoms with Gasteiger partial charge in [0.15, 0.2) is 0 Å². The molecule has 1 aromatic heterocycles. The number of nitrogens with zero attached hydrogens (tertiary/aromatic N) is 2. The molecule has 1 aliphatic heterocycles. The van der Waals surface area contributed by atoms with Gasteiger partial charge in [0, 0.05) is 24.0 Å². The molecule has 2 heterocycles. The van der Waals surface area contributed by atoms with Crippen LogP contribution < -0.4 is 4.31 Å². The highest BCUT2D eigenvalue weighted by Gasteiger charge is 2.29. The van der Waals surface area contributed by atoms with Crippen LogP contribution in [-0.4, -0.2) is 19.9 Å². The van der Waals surface area contributed by atoms with E-state index in [1.165, 1.54) is 4.31 Å². The minimum absolute atomic E-state index is 0.0564. The van der Waals surface area contributed by atoms with E-state index in [-0.39, 0.29) is 5.75 Å². The number of anilines is 1. The Balaban J connectivity index is 1.63. The van der Waals surface area contributed by atoms with E-state index in [9.17, 15) is 8.42 Å². The molecule has 132 valence electrons. The molecule has 1 aliphatic rings. The predicted molar refractivity (Wildman–Crippen MR) is 105 cm³/mol. The van der Waals surface area contributed by atoms with Gasteiger partial charge in [0.05, 0.1) is 11.4 Å². The quantitative estimate of drug-likeness (QED) is 0.674. The zero-order valence-corrected chi connectivity index (χ0v) is 15.5. The molecule has 0 saturated carbocycles. The Bertz CT molecular complexity index is 1050. The molecule has 0 fully saturated rings. The van der Waals surface area contributed by atoms with Crippen LogP contribution in [0.3, 0.4) is 0 Å². The Hall–Kier alpha value is -2.37. The lowest BCUT2D eigenvalue weighted by atomic mass is 10.0. The predicted octanol–water partition coefficient (Wildman–Crippen LogP) is 4.29. The molecule has 3 aromatic rings. The summed E-state index contributed by atoms with van der Waals surface area (Å²) in [5.74, 6) is -0.0564. The van der Waals surface area contributed by atoms with Crippen molar-refractivity contribution in [3.63, 3.8) is 0 Å². The third kappa shape index (κ3) is 3.32. The van der Waals surface area contributed by atoms with E-state index in [0.29, 0.717) is 23.6 Å². The number of aromatic nitrogens is 1. The second-order valence-electron chi connectivity index (χ2n) is 6.29. The van der Waals surface area contributed by atoms with Crippen molar-refractivity contribution in [2.24, 2.45) is 0 Å². The highest BCUT2D eigenvalue weighted by Crippen LogP contribution is 2.34. The van der Waals surface area contributed by atoms with Gasteiger partial charge in [-0.1, -0.05) is 29.8 Å². The zero-order chi connectivity index (χ0) is 18.1. The number of fused-ring (bicyclic) bond motifs is 1. The average molecular weight is 385 g/mol. The van der Waals surface area contributed by atoms with Gasteiger partial charge >= 0.3 is 0 Å². The first-order chi connectivity index (χ1) is 12.5. The van der Waals surface area contributed by atoms with Crippen molar-refractivity contribution in [2.75, 3.05) is 10.8 Å². The van der Waals surface area contributed by atoms with Crippen molar-refractivity contribution >= 4 is 27.3 Å². The lowest BCUT2D eigenvalue weighted by molar-refractivity contribution is 0.591. The van der Waals surface area contributed by atoms with Gasteiger partial charge in [-0.25, -0.2) is 8.42 Å². The largest absolute Gasteiger partial charge is 0.269 e. The fourth-order valence-corrected chi connectivity index (χ4v) is 5.12. The summed E-state index contributed by atoms with van der Waals surface area (Å²) in [6.45, 7) is 0.470. The number of sulfonamides is 1. The van der Waals surface area contributed by atoms with Crippen LogP contribution >= 0.6 is 11.6 Å². The van der Waals surface area contributed by atoms with Crippen molar-refractivity contribution in [1.82, 2.24) is 4.98 Å². The van der Waals surface area contributed by atoms with E-state index < -0.39 is 10.0 Å². The van der Waals surface area contributed by atoms with Crippen molar-refractivity contribution < 1.29 is 8.42 Å². The topological polar surface area (TPSA) is 50.3 Å². The number of pyridine rings is 1. The summed E-state index contributed by atoms with van der Waals surface area (Å²) in [5, 5.41) is 0.543. The maximum atomic E-state index is 12.9. The molecule has 0 saturated heterocycles. The summed E-state index contributed by atoms with van der Waals surface area (Å²) < 4.78 is 27.3. The van der Waals surface area contributed by atoms with Gasteiger partial charge in [-0.2, -0.15) is 0 Å². The Morgan fingerprint density at radius 2 is 1.81 bits per heavy atom. The van der Waals surface area contributed by atoms with Crippen molar-refractivity contribution in [2.45, 2.75) is 12.2 Å². The van der Waals surface area contributed by atoms with Gasteiger partial charge in [0.1, 0.15) is 0 Å². The van der Waals surface area contributed by atoms with Crippen LogP contribution in [0, 0.1) is 0 Å². The number of hydrogen-bond donors (Lipinski definition) is 0. The van der Waals surface area contributed by atoms with Crippen LogP contribution in [0.4, 0.5) is 5.69 Å². The highest BCUT2D eigenvalue weighted by molar-refractivity contribution is 7.92. The van der Waals surface area contributed by atoms with Crippen molar-refractivity contribution in [3.05, 3.63) is 83.1 Å².